The fourth-order valence-electron chi connectivity index (χ4n) is 4.40. The summed E-state index contributed by atoms with van der Waals surface area (Å²) in [6.45, 7) is 9.06. The molecule has 37 heavy (non-hydrogen) atoms. The van der Waals surface area contributed by atoms with Crippen LogP contribution < -0.4 is 20.9 Å². The Morgan fingerprint density at radius 2 is 1.76 bits per heavy atom. The van der Waals surface area contributed by atoms with Gasteiger partial charge in [-0.3, -0.25) is 4.79 Å². The van der Waals surface area contributed by atoms with E-state index in [4.69, 9.17) is 11.6 Å². The van der Waals surface area contributed by atoms with Gasteiger partial charge in [0.25, 0.3) is 0 Å². The average Bonchev–Trinajstić information content (AvgIpc) is 2.89. The predicted octanol–water partition coefficient (Wildman–Crippen LogP) is 4.18. The second kappa shape index (κ2) is 11.1. The summed E-state index contributed by atoms with van der Waals surface area (Å²) in [5.74, 6) is 0.925. The van der Waals surface area contributed by atoms with Crippen molar-refractivity contribution in [2.75, 3.05) is 67.2 Å². The fraction of sp³-hybridized carbons (Fsp3) is 0.296. The van der Waals surface area contributed by atoms with E-state index in [9.17, 15) is 4.79 Å². The minimum atomic E-state index is -0.0396. The second-order valence-electron chi connectivity index (χ2n) is 9.35. The minimum Gasteiger partial charge on any atom is -0.379 e. The number of amides is 1. The molecule has 0 spiro atoms. The first-order chi connectivity index (χ1) is 18.0. The van der Waals surface area contributed by atoms with Gasteiger partial charge in [0.2, 0.25) is 11.9 Å². The Balaban J connectivity index is 1.20. The molecule has 5 rings (SSSR count). The lowest BCUT2D eigenvalue weighted by Gasteiger charge is -2.39. The topological polar surface area (TPSA) is 88.7 Å². The molecule has 2 aliphatic heterocycles. The van der Waals surface area contributed by atoms with Crippen LogP contribution in [0, 0.1) is 0 Å². The van der Waals surface area contributed by atoms with Crippen LogP contribution in [0.25, 0.3) is 0 Å². The number of likely N-dealkylation sites (tertiary alicyclic amines) is 1. The molecule has 1 amide bonds. The van der Waals surface area contributed by atoms with E-state index >= 15 is 0 Å². The number of likely N-dealkylation sites (N-methyl/N-ethyl adjacent to an activating group) is 1. The first-order valence-electron chi connectivity index (χ1n) is 12.3. The van der Waals surface area contributed by atoms with E-state index in [1.165, 1.54) is 11.8 Å². The van der Waals surface area contributed by atoms with Crippen molar-refractivity contribution in [2.24, 2.45) is 0 Å². The van der Waals surface area contributed by atoms with E-state index in [-0.39, 0.29) is 11.9 Å². The summed E-state index contributed by atoms with van der Waals surface area (Å²) in [6.07, 6.45) is 2.93. The van der Waals surface area contributed by atoms with Crippen molar-refractivity contribution in [3.63, 3.8) is 0 Å². The van der Waals surface area contributed by atoms with Crippen LogP contribution in [0.15, 0.2) is 67.4 Å². The monoisotopic (exact) mass is 518 g/mol. The smallest absolute Gasteiger partial charge is 0.246 e. The van der Waals surface area contributed by atoms with Crippen molar-refractivity contribution >= 4 is 52.0 Å². The number of carbonyl (C=O) groups excluding carboxylic acids is 1. The van der Waals surface area contributed by atoms with Crippen LogP contribution in [0.4, 0.5) is 34.5 Å². The maximum Gasteiger partial charge on any atom is 0.246 e. The van der Waals surface area contributed by atoms with Crippen molar-refractivity contribution in [1.82, 2.24) is 19.8 Å². The molecule has 0 bridgehead atoms. The molecule has 1 aromatic heterocycles. The van der Waals surface area contributed by atoms with E-state index in [1.54, 1.807) is 11.1 Å². The lowest BCUT2D eigenvalue weighted by molar-refractivity contribution is -0.129. The highest BCUT2D eigenvalue weighted by Gasteiger charge is 2.29. The van der Waals surface area contributed by atoms with Crippen molar-refractivity contribution in [2.45, 2.75) is 6.04 Å². The summed E-state index contributed by atoms with van der Waals surface area (Å²) in [5.41, 5.74) is 3.91. The number of halogens is 1. The molecule has 2 aromatic carbocycles. The van der Waals surface area contributed by atoms with Crippen LogP contribution >= 0.6 is 11.6 Å². The highest BCUT2D eigenvalue weighted by molar-refractivity contribution is 6.32. The van der Waals surface area contributed by atoms with E-state index < -0.39 is 0 Å². The molecule has 2 saturated heterocycles. The number of hydrogen-bond donors (Lipinski definition) is 3. The quantitative estimate of drug-likeness (QED) is 0.383. The Labute approximate surface area is 222 Å². The Morgan fingerprint density at radius 3 is 2.49 bits per heavy atom. The van der Waals surface area contributed by atoms with Crippen LogP contribution in [0.5, 0.6) is 0 Å². The Kier molecular flexibility index (Phi) is 7.43. The molecule has 9 nitrogen and oxygen atoms in total. The molecule has 10 heteroatoms. The van der Waals surface area contributed by atoms with Crippen molar-refractivity contribution in [3.05, 3.63) is 72.4 Å². The molecule has 0 saturated carbocycles. The van der Waals surface area contributed by atoms with E-state index in [2.05, 4.69) is 61.5 Å². The molecular weight excluding hydrogens is 488 g/mol. The zero-order valence-electron chi connectivity index (χ0n) is 20.8. The van der Waals surface area contributed by atoms with E-state index in [0.29, 0.717) is 29.9 Å². The van der Waals surface area contributed by atoms with Gasteiger partial charge in [-0.05, 0) is 55.6 Å². The van der Waals surface area contributed by atoms with Gasteiger partial charge in [0.15, 0.2) is 5.82 Å². The molecule has 3 N–H and O–H groups in total. The third kappa shape index (κ3) is 6.12. The molecule has 0 aliphatic carbocycles. The van der Waals surface area contributed by atoms with Gasteiger partial charge in [0.1, 0.15) is 5.02 Å². The molecule has 3 heterocycles. The maximum atomic E-state index is 11.7. The number of aromatic nitrogens is 2. The molecule has 2 fully saturated rings. The second-order valence-corrected chi connectivity index (χ2v) is 9.75. The normalized spacial score (nSPS) is 16.2. The zero-order chi connectivity index (χ0) is 25.8. The standard InChI is InChI=1S/C27H31ClN8O/c1-3-25(37)36-17-22(18-36)30-20-5-4-6-21(15-20)31-26-24(28)16-29-27(33-26)32-19-7-9-23(10-8-19)35-13-11-34(2)12-14-35/h3-10,15-16,22,30H,1,11-14,17-18H2,2H3,(H2,29,31,32,33). The molecular formula is C27H31ClN8O. The number of carbonyl (C=O) groups is 1. The van der Waals surface area contributed by atoms with E-state index in [1.807, 2.05) is 36.4 Å². The largest absolute Gasteiger partial charge is 0.379 e. The minimum absolute atomic E-state index is 0.0396. The SMILES string of the molecule is C=CC(=O)N1CC(Nc2cccc(Nc3nc(Nc4ccc(N5CCN(C)CC5)cc4)ncc3Cl)c2)C1. The third-order valence-electron chi connectivity index (χ3n) is 6.60. The number of benzene rings is 2. The highest BCUT2D eigenvalue weighted by atomic mass is 35.5. The van der Waals surface area contributed by atoms with Gasteiger partial charge < -0.3 is 30.7 Å². The van der Waals surface area contributed by atoms with Gasteiger partial charge in [0.05, 0.1) is 12.2 Å². The number of nitrogens with one attached hydrogen (secondary N) is 3. The van der Waals surface area contributed by atoms with E-state index in [0.717, 1.165) is 43.2 Å². The number of anilines is 6. The Morgan fingerprint density at radius 1 is 1.03 bits per heavy atom. The van der Waals surface area contributed by atoms with Gasteiger partial charge in [-0.25, -0.2) is 4.98 Å². The number of hydrogen-bond acceptors (Lipinski definition) is 8. The zero-order valence-corrected chi connectivity index (χ0v) is 21.6. The number of rotatable bonds is 8. The summed E-state index contributed by atoms with van der Waals surface area (Å²) in [5, 5.41) is 10.4. The van der Waals surface area contributed by atoms with Crippen LogP contribution in [-0.2, 0) is 4.79 Å². The summed E-state index contributed by atoms with van der Waals surface area (Å²) >= 11 is 6.40. The summed E-state index contributed by atoms with van der Waals surface area (Å²) in [7, 11) is 2.16. The lowest BCUT2D eigenvalue weighted by Crippen LogP contribution is -2.56. The summed E-state index contributed by atoms with van der Waals surface area (Å²) in [4.78, 5) is 27.1. The summed E-state index contributed by atoms with van der Waals surface area (Å²) in [6, 6.07) is 16.4. The molecule has 0 unspecified atom stereocenters. The highest BCUT2D eigenvalue weighted by Crippen LogP contribution is 2.27. The van der Waals surface area contributed by atoms with Crippen LogP contribution in [-0.4, -0.2) is 78.0 Å². The van der Waals surface area contributed by atoms with Gasteiger partial charge in [-0.15, -0.1) is 0 Å². The lowest BCUT2D eigenvalue weighted by atomic mass is 10.1. The van der Waals surface area contributed by atoms with Gasteiger partial charge >= 0.3 is 0 Å². The maximum absolute atomic E-state index is 11.7. The average molecular weight is 519 g/mol. The van der Waals surface area contributed by atoms with Crippen molar-refractivity contribution in [3.8, 4) is 0 Å². The van der Waals surface area contributed by atoms with Crippen molar-refractivity contribution < 1.29 is 4.79 Å². The van der Waals surface area contributed by atoms with Crippen molar-refractivity contribution in [1.29, 1.82) is 0 Å². The molecule has 3 aromatic rings. The molecule has 0 atom stereocenters. The number of piperazine rings is 1. The molecule has 192 valence electrons. The fourth-order valence-corrected chi connectivity index (χ4v) is 4.54. The Bertz CT molecular complexity index is 1250. The number of nitrogens with zero attached hydrogens (tertiary/aromatic N) is 5. The van der Waals surface area contributed by atoms with Crippen LogP contribution in [0.3, 0.4) is 0 Å². The first-order valence-corrected chi connectivity index (χ1v) is 12.7. The van der Waals surface area contributed by atoms with Gasteiger partial charge in [0, 0.05) is 62.0 Å². The van der Waals surface area contributed by atoms with Crippen LogP contribution in [0.2, 0.25) is 5.02 Å². The third-order valence-corrected chi connectivity index (χ3v) is 6.88. The molecule has 0 radical (unpaired) electrons. The molecule has 2 aliphatic rings. The van der Waals surface area contributed by atoms with Gasteiger partial charge in [-0.2, -0.15) is 4.98 Å². The summed E-state index contributed by atoms with van der Waals surface area (Å²) < 4.78 is 0. The first kappa shape index (κ1) is 24.9. The predicted molar refractivity (Wildman–Crippen MR) is 150 cm³/mol. The van der Waals surface area contributed by atoms with Crippen LogP contribution in [0.1, 0.15) is 0 Å². The Hall–Kier alpha value is -3.82. The van der Waals surface area contributed by atoms with Gasteiger partial charge in [-0.1, -0.05) is 24.2 Å².